The fraction of sp³-hybridized carbons (Fsp3) is 0.385. The summed E-state index contributed by atoms with van der Waals surface area (Å²) in [5.41, 5.74) is 1.04. The lowest BCUT2D eigenvalue weighted by molar-refractivity contribution is 0.643. The Morgan fingerprint density at radius 3 is 2.58 bits per heavy atom. The monoisotopic (exact) mass is 317 g/mol. The van der Waals surface area contributed by atoms with E-state index in [-0.39, 0.29) is 0 Å². The summed E-state index contributed by atoms with van der Waals surface area (Å²) in [5, 5.41) is 9.73. The van der Waals surface area contributed by atoms with Gasteiger partial charge in [0.05, 0.1) is 0 Å². The van der Waals surface area contributed by atoms with Gasteiger partial charge in [-0.2, -0.15) is 0 Å². The molecule has 6 heteroatoms. The van der Waals surface area contributed by atoms with Crippen molar-refractivity contribution in [2.24, 2.45) is 0 Å². The van der Waals surface area contributed by atoms with E-state index in [1.54, 1.807) is 6.07 Å². The van der Waals surface area contributed by atoms with Crippen LogP contribution in [0.1, 0.15) is 24.7 Å². The zero-order valence-electron chi connectivity index (χ0n) is 10.5. The van der Waals surface area contributed by atoms with Gasteiger partial charge in [0.1, 0.15) is 5.82 Å². The summed E-state index contributed by atoms with van der Waals surface area (Å²) in [5.74, 6) is 0.914. The first-order chi connectivity index (χ1) is 9.11. The Balaban J connectivity index is 2.12. The average Bonchev–Trinajstić information content (AvgIpc) is 2.70. The molecule has 3 nitrogen and oxygen atoms in total. The molecule has 1 aromatic carbocycles. The first kappa shape index (κ1) is 14.6. The minimum absolute atomic E-state index is 0.425. The molecule has 0 spiro atoms. The molecule has 102 valence electrons. The van der Waals surface area contributed by atoms with Crippen LogP contribution in [0, 0.1) is 0 Å². The van der Waals surface area contributed by atoms with Gasteiger partial charge in [0.15, 0.2) is 0 Å². The van der Waals surface area contributed by atoms with Gasteiger partial charge in [0, 0.05) is 23.0 Å². The molecule has 0 aliphatic heterocycles. The Bertz CT molecular complexity index is 566. The molecule has 0 aliphatic rings. The van der Waals surface area contributed by atoms with Gasteiger partial charge in [-0.25, -0.2) is 0 Å². The lowest BCUT2D eigenvalue weighted by Crippen LogP contribution is -2.07. The van der Waals surface area contributed by atoms with E-state index < -0.39 is 0 Å². The third-order valence-corrected chi connectivity index (χ3v) is 3.74. The highest BCUT2D eigenvalue weighted by atomic mass is 35.5. The zero-order chi connectivity index (χ0) is 13.8. The van der Waals surface area contributed by atoms with Crippen molar-refractivity contribution in [3.63, 3.8) is 0 Å². The average molecular weight is 319 g/mol. The number of benzene rings is 1. The van der Waals surface area contributed by atoms with E-state index in [1.165, 1.54) is 0 Å². The summed E-state index contributed by atoms with van der Waals surface area (Å²) < 4.78 is 1.93. The van der Waals surface area contributed by atoms with Crippen molar-refractivity contribution in [3.8, 4) is 0 Å². The molecule has 0 saturated carbocycles. The summed E-state index contributed by atoms with van der Waals surface area (Å²) in [7, 11) is 0. The Hall–Kier alpha value is -0.770. The molecule has 1 heterocycles. The second-order valence-electron chi connectivity index (χ2n) is 4.27. The smallest absolute Gasteiger partial charge is 0.225 e. The highest BCUT2D eigenvalue weighted by Gasteiger charge is 2.10. The third kappa shape index (κ3) is 3.62. The van der Waals surface area contributed by atoms with Gasteiger partial charge in [0.2, 0.25) is 5.28 Å². The second-order valence-corrected chi connectivity index (χ2v) is 5.45. The van der Waals surface area contributed by atoms with Crippen molar-refractivity contribution in [3.05, 3.63) is 44.9 Å². The highest BCUT2D eigenvalue weighted by Crippen LogP contribution is 2.22. The van der Waals surface area contributed by atoms with Gasteiger partial charge in [-0.1, -0.05) is 36.2 Å². The molecule has 2 aromatic rings. The quantitative estimate of drug-likeness (QED) is 0.816. The van der Waals surface area contributed by atoms with E-state index in [9.17, 15) is 0 Å². The van der Waals surface area contributed by atoms with Gasteiger partial charge >= 0.3 is 0 Å². The Morgan fingerprint density at radius 2 is 1.89 bits per heavy atom. The van der Waals surface area contributed by atoms with E-state index >= 15 is 0 Å². The van der Waals surface area contributed by atoms with Crippen LogP contribution in [-0.4, -0.2) is 14.8 Å². The van der Waals surface area contributed by atoms with Crippen molar-refractivity contribution in [2.75, 3.05) is 0 Å². The lowest BCUT2D eigenvalue weighted by atomic mass is 10.1. The molecule has 2 rings (SSSR count). The van der Waals surface area contributed by atoms with Crippen molar-refractivity contribution in [2.45, 2.75) is 32.7 Å². The number of nitrogens with zero attached hydrogens (tertiary/aromatic N) is 3. The summed E-state index contributed by atoms with van der Waals surface area (Å²) in [6.07, 6.45) is 2.65. The second kappa shape index (κ2) is 6.60. The molecule has 0 bridgehead atoms. The highest BCUT2D eigenvalue weighted by molar-refractivity contribution is 6.35. The summed E-state index contributed by atoms with van der Waals surface area (Å²) in [6, 6.07) is 5.52. The van der Waals surface area contributed by atoms with Gasteiger partial charge in [-0.05, 0) is 42.1 Å². The molecule has 0 atom stereocenters. The molecule has 0 aliphatic carbocycles. The van der Waals surface area contributed by atoms with Crippen LogP contribution in [0.4, 0.5) is 0 Å². The van der Waals surface area contributed by atoms with Crippen LogP contribution >= 0.6 is 34.8 Å². The number of hydrogen-bond acceptors (Lipinski definition) is 2. The molecular formula is C13H14Cl3N3. The molecular weight excluding hydrogens is 305 g/mol. The summed E-state index contributed by atoms with van der Waals surface area (Å²) >= 11 is 18.1. The Morgan fingerprint density at radius 1 is 1.11 bits per heavy atom. The third-order valence-electron chi connectivity index (χ3n) is 2.88. The summed E-state index contributed by atoms with van der Waals surface area (Å²) in [4.78, 5) is 0. The fourth-order valence-corrected chi connectivity index (χ4v) is 2.62. The predicted octanol–water partition coefficient (Wildman–Crippen LogP) is 4.43. The maximum absolute atomic E-state index is 6.15. The maximum Gasteiger partial charge on any atom is 0.225 e. The lowest BCUT2D eigenvalue weighted by Gasteiger charge is -2.08. The molecule has 0 amide bonds. The van der Waals surface area contributed by atoms with E-state index in [4.69, 9.17) is 34.8 Å². The van der Waals surface area contributed by atoms with Gasteiger partial charge in [0.25, 0.3) is 0 Å². The predicted molar refractivity (Wildman–Crippen MR) is 79.2 cm³/mol. The van der Waals surface area contributed by atoms with Crippen LogP contribution in [0.5, 0.6) is 0 Å². The van der Waals surface area contributed by atoms with E-state index in [2.05, 4.69) is 17.1 Å². The molecule has 0 unspecified atom stereocenters. The molecule has 0 N–H and O–H groups in total. The van der Waals surface area contributed by atoms with Crippen molar-refractivity contribution in [1.82, 2.24) is 14.8 Å². The number of hydrogen-bond donors (Lipinski definition) is 0. The van der Waals surface area contributed by atoms with E-state index in [0.717, 1.165) is 30.7 Å². The minimum atomic E-state index is 0.425. The summed E-state index contributed by atoms with van der Waals surface area (Å²) in [6.45, 7) is 2.81. The van der Waals surface area contributed by atoms with E-state index in [1.807, 2.05) is 16.7 Å². The van der Waals surface area contributed by atoms with Crippen LogP contribution in [0.15, 0.2) is 18.2 Å². The standard InChI is InChI=1S/C13H14Cl3N3/c1-2-3-12-17-18-13(16)19(12)7-6-9-4-5-10(14)8-11(9)15/h4-5,8H,2-3,6-7H2,1H3. The van der Waals surface area contributed by atoms with Crippen LogP contribution in [0.25, 0.3) is 0 Å². The van der Waals surface area contributed by atoms with Crippen molar-refractivity contribution < 1.29 is 0 Å². The first-order valence-electron chi connectivity index (χ1n) is 6.13. The Kier molecular flexibility index (Phi) is 5.08. The minimum Gasteiger partial charge on any atom is -0.301 e. The van der Waals surface area contributed by atoms with Crippen LogP contribution in [0.3, 0.4) is 0 Å². The molecule has 19 heavy (non-hydrogen) atoms. The molecule has 0 fully saturated rings. The van der Waals surface area contributed by atoms with Gasteiger partial charge < -0.3 is 4.57 Å². The van der Waals surface area contributed by atoms with Crippen LogP contribution < -0.4 is 0 Å². The van der Waals surface area contributed by atoms with Crippen LogP contribution in [0.2, 0.25) is 15.3 Å². The fourth-order valence-electron chi connectivity index (χ4n) is 1.90. The van der Waals surface area contributed by atoms with Crippen LogP contribution in [-0.2, 0) is 19.4 Å². The molecule has 0 saturated heterocycles. The SMILES string of the molecule is CCCc1nnc(Cl)n1CCc1ccc(Cl)cc1Cl. The van der Waals surface area contributed by atoms with Gasteiger partial charge in [-0.3, -0.25) is 0 Å². The zero-order valence-corrected chi connectivity index (χ0v) is 12.8. The first-order valence-corrected chi connectivity index (χ1v) is 7.26. The number of aromatic nitrogens is 3. The number of rotatable bonds is 5. The van der Waals surface area contributed by atoms with Crippen molar-refractivity contribution >= 4 is 34.8 Å². The molecule has 0 radical (unpaired) electrons. The normalized spacial score (nSPS) is 10.9. The van der Waals surface area contributed by atoms with Crippen molar-refractivity contribution in [1.29, 1.82) is 0 Å². The largest absolute Gasteiger partial charge is 0.301 e. The van der Waals surface area contributed by atoms with Gasteiger partial charge in [-0.15, -0.1) is 10.2 Å². The number of halogens is 3. The topological polar surface area (TPSA) is 30.7 Å². The Labute approximate surface area is 127 Å². The maximum atomic E-state index is 6.15. The molecule has 1 aromatic heterocycles. The number of aryl methyl sites for hydroxylation is 2. The van der Waals surface area contributed by atoms with E-state index in [0.29, 0.717) is 21.9 Å².